The van der Waals surface area contributed by atoms with E-state index in [1.54, 1.807) is 7.05 Å². The first kappa shape index (κ1) is 17.3. The van der Waals surface area contributed by atoms with Crippen molar-refractivity contribution in [2.45, 2.75) is 6.54 Å². The van der Waals surface area contributed by atoms with Crippen molar-refractivity contribution >= 4 is 11.9 Å². The molecule has 5 heteroatoms. The fourth-order valence-corrected chi connectivity index (χ4v) is 2.22. The number of carbonyl (C=O) groups is 2. The summed E-state index contributed by atoms with van der Waals surface area (Å²) in [7, 11) is 2.73. The van der Waals surface area contributed by atoms with Crippen LogP contribution in [0.2, 0.25) is 0 Å². The van der Waals surface area contributed by atoms with Gasteiger partial charge in [0.15, 0.2) is 0 Å². The highest BCUT2D eigenvalue weighted by molar-refractivity contribution is 5.96. The van der Waals surface area contributed by atoms with Crippen LogP contribution >= 0.6 is 0 Å². The summed E-state index contributed by atoms with van der Waals surface area (Å²) in [6.45, 7) is 0.352. The van der Waals surface area contributed by atoms with Crippen LogP contribution < -0.4 is 0 Å². The standard InChI is InChI=1S/C19H19NO4/c1-20(18(22)12-17(21)19(23)24-2)13-14-7-6-10-16(11-14)15-8-4-3-5-9-15/h3-12,21H,13H2,1-2H3. The lowest BCUT2D eigenvalue weighted by molar-refractivity contribution is -0.139. The van der Waals surface area contributed by atoms with E-state index in [9.17, 15) is 14.7 Å². The Bertz CT molecular complexity index is 753. The average Bonchev–Trinajstić information content (AvgIpc) is 2.61. The summed E-state index contributed by atoms with van der Waals surface area (Å²) < 4.78 is 4.35. The molecular formula is C19H19NO4. The monoisotopic (exact) mass is 325 g/mol. The summed E-state index contributed by atoms with van der Waals surface area (Å²) in [4.78, 5) is 24.5. The largest absolute Gasteiger partial charge is 0.502 e. The molecule has 2 aromatic rings. The van der Waals surface area contributed by atoms with Gasteiger partial charge in [-0.15, -0.1) is 0 Å². The fourth-order valence-electron chi connectivity index (χ4n) is 2.22. The van der Waals surface area contributed by atoms with E-state index in [1.807, 2.05) is 54.6 Å². The van der Waals surface area contributed by atoms with Crippen molar-refractivity contribution in [2.24, 2.45) is 0 Å². The Balaban J connectivity index is 2.11. The number of amides is 1. The first-order valence-electron chi connectivity index (χ1n) is 7.39. The van der Waals surface area contributed by atoms with E-state index in [1.165, 1.54) is 4.90 Å². The molecular weight excluding hydrogens is 306 g/mol. The molecule has 1 amide bonds. The van der Waals surface area contributed by atoms with E-state index in [4.69, 9.17) is 0 Å². The number of aliphatic hydroxyl groups is 1. The number of carbonyl (C=O) groups excluding carboxylic acids is 2. The number of methoxy groups -OCH3 is 1. The van der Waals surface area contributed by atoms with Gasteiger partial charge in [-0.05, 0) is 22.8 Å². The first-order chi connectivity index (χ1) is 11.5. The maximum Gasteiger partial charge on any atom is 0.373 e. The molecule has 0 aliphatic rings. The molecule has 0 aliphatic heterocycles. The van der Waals surface area contributed by atoms with Gasteiger partial charge in [-0.1, -0.05) is 48.5 Å². The van der Waals surface area contributed by atoms with Gasteiger partial charge >= 0.3 is 5.97 Å². The van der Waals surface area contributed by atoms with Crippen molar-refractivity contribution in [2.75, 3.05) is 14.2 Å². The summed E-state index contributed by atoms with van der Waals surface area (Å²) >= 11 is 0. The highest BCUT2D eigenvalue weighted by Crippen LogP contribution is 2.20. The molecule has 0 unspecified atom stereocenters. The van der Waals surface area contributed by atoms with Gasteiger partial charge in [0.1, 0.15) is 0 Å². The molecule has 0 aliphatic carbocycles. The Morgan fingerprint density at radius 2 is 1.75 bits per heavy atom. The maximum absolute atomic E-state index is 12.0. The highest BCUT2D eigenvalue weighted by Gasteiger charge is 2.13. The Morgan fingerprint density at radius 3 is 2.42 bits per heavy atom. The minimum absolute atomic E-state index is 0.352. The number of esters is 1. The van der Waals surface area contributed by atoms with Crippen molar-refractivity contribution in [3.8, 4) is 11.1 Å². The van der Waals surface area contributed by atoms with Crippen LogP contribution in [0.3, 0.4) is 0 Å². The molecule has 1 N–H and O–H groups in total. The van der Waals surface area contributed by atoms with E-state index >= 15 is 0 Å². The van der Waals surface area contributed by atoms with Gasteiger partial charge in [-0.2, -0.15) is 0 Å². The molecule has 0 spiro atoms. The zero-order chi connectivity index (χ0) is 17.5. The third-order valence-corrected chi connectivity index (χ3v) is 3.48. The molecule has 0 atom stereocenters. The summed E-state index contributed by atoms with van der Waals surface area (Å²) in [6.07, 6.45) is 0.854. The zero-order valence-electron chi connectivity index (χ0n) is 13.6. The van der Waals surface area contributed by atoms with Crippen LogP contribution in [0.5, 0.6) is 0 Å². The van der Waals surface area contributed by atoms with Gasteiger partial charge in [-0.25, -0.2) is 4.79 Å². The summed E-state index contributed by atoms with van der Waals surface area (Å²) in [5.41, 5.74) is 3.09. The normalized spacial score (nSPS) is 11.0. The molecule has 0 radical (unpaired) electrons. The van der Waals surface area contributed by atoms with E-state index in [0.29, 0.717) is 6.54 Å². The number of hydrogen-bond donors (Lipinski definition) is 1. The van der Waals surface area contributed by atoms with Crippen LogP contribution in [-0.2, 0) is 20.9 Å². The lowest BCUT2D eigenvalue weighted by atomic mass is 10.0. The fraction of sp³-hybridized carbons (Fsp3) is 0.158. The lowest BCUT2D eigenvalue weighted by Crippen LogP contribution is -2.25. The summed E-state index contributed by atoms with van der Waals surface area (Å²) in [5.74, 6) is -2.14. The summed E-state index contributed by atoms with van der Waals surface area (Å²) in [5, 5.41) is 9.43. The second kappa shape index (κ2) is 7.97. The predicted molar refractivity (Wildman–Crippen MR) is 91.1 cm³/mol. The van der Waals surface area contributed by atoms with Crippen LogP contribution in [0.25, 0.3) is 11.1 Å². The van der Waals surface area contributed by atoms with E-state index < -0.39 is 17.6 Å². The Morgan fingerprint density at radius 1 is 1.08 bits per heavy atom. The van der Waals surface area contributed by atoms with E-state index in [2.05, 4.69) is 4.74 Å². The quantitative estimate of drug-likeness (QED) is 0.521. The van der Waals surface area contributed by atoms with Crippen molar-refractivity contribution in [3.05, 3.63) is 72.0 Å². The van der Waals surface area contributed by atoms with Crippen molar-refractivity contribution < 1.29 is 19.4 Å². The molecule has 0 aromatic heterocycles. The molecule has 2 rings (SSSR count). The molecule has 0 saturated heterocycles. The Hall–Kier alpha value is -3.08. The minimum atomic E-state index is -0.942. The number of likely N-dealkylation sites (N-methyl/N-ethyl adjacent to an activating group) is 1. The van der Waals surface area contributed by atoms with Gasteiger partial charge in [-0.3, -0.25) is 4.79 Å². The van der Waals surface area contributed by atoms with Crippen LogP contribution in [-0.4, -0.2) is 36.0 Å². The molecule has 0 fully saturated rings. The molecule has 0 saturated carbocycles. The number of rotatable bonds is 5. The van der Waals surface area contributed by atoms with Gasteiger partial charge in [0.25, 0.3) is 5.91 Å². The highest BCUT2D eigenvalue weighted by atomic mass is 16.5. The van der Waals surface area contributed by atoms with Gasteiger partial charge in [0.2, 0.25) is 5.76 Å². The molecule has 0 heterocycles. The number of ether oxygens (including phenoxy) is 1. The second-order valence-corrected chi connectivity index (χ2v) is 5.28. The van der Waals surface area contributed by atoms with Crippen LogP contribution in [0.15, 0.2) is 66.4 Å². The van der Waals surface area contributed by atoms with Crippen molar-refractivity contribution in [1.29, 1.82) is 0 Å². The topological polar surface area (TPSA) is 66.8 Å². The molecule has 124 valence electrons. The minimum Gasteiger partial charge on any atom is -0.502 e. The predicted octanol–water partition coefficient (Wildman–Crippen LogP) is 2.93. The Kier molecular flexibility index (Phi) is 5.73. The van der Waals surface area contributed by atoms with Gasteiger partial charge in [0, 0.05) is 13.6 Å². The molecule has 0 bridgehead atoms. The smallest absolute Gasteiger partial charge is 0.373 e. The van der Waals surface area contributed by atoms with E-state index in [-0.39, 0.29) is 0 Å². The second-order valence-electron chi connectivity index (χ2n) is 5.28. The molecule has 24 heavy (non-hydrogen) atoms. The molecule has 5 nitrogen and oxygen atoms in total. The average molecular weight is 325 g/mol. The van der Waals surface area contributed by atoms with E-state index in [0.717, 1.165) is 29.9 Å². The maximum atomic E-state index is 12.0. The van der Waals surface area contributed by atoms with Crippen molar-refractivity contribution in [3.63, 3.8) is 0 Å². The van der Waals surface area contributed by atoms with Crippen LogP contribution in [0, 0.1) is 0 Å². The van der Waals surface area contributed by atoms with Crippen molar-refractivity contribution in [1.82, 2.24) is 4.90 Å². The SMILES string of the molecule is COC(=O)C(O)=CC(=O)N(C)Cc1cccc(-c2ccccc2)c1. The zero-order valence-corrected chi connectivity index (χ0v) is 13.6. The first-order valence-corrected chi connectivity index (χ1v) is 7.39. The van der Waals surface area contributed by atoms with Crippen LogP contribution in [0.1, 0.15) is 5.56 Å². The third kappa shape index (κ3) is 4.46. The number of aliphatic hydroxyl groups excluding tert-OH is 1. The molecule has 2 aromatic carbocycles. The van der Waals surface area contributed by atoms with Gasteiger partial charge in [0.05, 0.1) is 13.2 Å². The third-order valence-electron chi connectivity index (χ3n) is 3.48. The lowest BCUT2D eigenvalue weighted by Gasteiger charge is -2.16. The number of hydrogen-bond acceptors (Lipinski definition) is 4. The Labute approximate surface area is 140 Å². The van der Waals surface area contributed by atoms with Gasteiger partial charge < -0.3 is 14.7 Å². The number of nitrogens with zero attached hydrogens (tertiary/aromatic N) is 1. The van der Waals surface area contributed by atoms with Crippen LogP contribution in [0.4, 0.5) is 0 Å². The number of benzene rings is 2. The summed E-state index contributed by atoms with van der Waals surface area (Å²) in [6, 6.07) is 17.8.